The Hall–Kier alpha value is -3.27. The van der Waals surface area contributed by atoms with Crippen LogP contribution in [0.4, 0.5) is 0 Å². The summed E-state index contributed by atoms with van der Waals surface area (Å²) in [5, 5.41) is 25.9. The van der Waals surface area contributed by atoms with E-state index in [1.807, 2.05) is 18.2 Å². The molecule has 3 aromatic rings. The van der Waals surface area contributed by atoms with Gasteiger partial charge in [0.2, 0.25) is 0 Å². The largest absolute Gasteiger partial charge is 0.478 e. The first-order valence-corrected chi connectivity index (χ1v) is 6.11. The van der Waals surface area contributed by atoms with Crippen LogP contribution < -0.4 is 0 Å². The highest BCUT2D eigenvalue weighted by atomic mass is 16.4. The van der Waals surface area contributed by atoms with Crippen LogP contribution >= 0.6 is 0 Å². The van der Waals surface area contributed by atoms with Crippen molar-refractivity contribution >= 4 is 17.0 Å². The van der Waals surface area contributed by atoms with Crippen LogP contribution in [0.1, 0.15) is 16.2 Å². The first-order valence-electron chi connectivity index (χ1n) is 6.11. The Balaban J connectivity index is 2.37. The number of nitrogens with zero attached hydrogens (tertiary/aromatic N) is 5. The maximum atomic E-state index is 11.4. The number of hydrogen-bond acceptors (Lipinski definition) is 5. The summed E-state index contributed by atoms with van der Waals surface area (Å²) in [7, 11) is 0. The average molecular weight is 279 g/mol. The molecule has 0 saturated heterocycles. The van der Waals surface area contributed by atoms with Gasteiger partial charge < -0.3 is 5.11 Å². The van der Waals surface area contributed by atoms with Gasteiger partial charge >= 0.3 is 5.97 Å². The van der Waals surface area contributed by atoms with Gasteiger partial charge in [0.25, 0.3) is 0 Å². The maximum absolute atomic E-state index is 11.4. The van der Waals surface area contributed by atoms with Crippen molar-refractivity contribution in [3.63, 3.8) is 0 Å². The van der Waals surface area contributed by atoms with E-state index < -0.39 is 5.97 Å². The SMILES string of the molecule is N#CCc1nc2ccccc2n1-c1nnccc1C(=O)O. The molecular formula is C14H9N5O2. The number of rotatable bonds is 3. The molecule has 3 rings (SSSR count). The second kappa shape index (κ2) is 5.02. The average Bonchev–Trinajstić information content (AvgIpc) is 2.85. The summed E-state index contributed by atoms with van der Waals surface area (Å²) in [6.45, 7) is 0. The fourth-order valence-corrected chi connectivity index (χ4v) is 2.16. The van der Waals surface area contributed by atoms with E-state index in [2.05, 4.69) is 15.2 Å². The summed E-state index contributed by atoms with van der Waals surface area (Å²) in [4.78, 5) is 15.7. The Morgan fingerprint density at radius 2 is 2.14 bits per heavy atom. The molecule has 0 amide bonds. The van der Waals surface area contributed by atoms with Crippen LogP contribution in [0.15, 0.2) is 36.5 Å². The number of aromatic nitrogens is 4. The summed E-state index contributed by atoms with van der Waals surface area (Å²) in [5.74, 6) is -0.522. The van der Waals surface area contributed by atoms with Crippen molar-refractivity contribution in [2.75, 3.05) is 0 Å². The highest BCUT2D eigenvalue weighted by molar-refractivity contribution is 5.92. The molecule has 1 N–H and O–H groups in total. The van der Waals surface area contributed by atoms with Gasteiger partial charge in [-0.15, -0.1) is 5.10 Å². The summed E-state index contributed by atoms with van der Waals surface area (Å²) in [5.41, 5.74) is 1.36. The third-order valence-electron chi connectivity index (χ3n) is 3.01. The standard InChI is InChI=1S/C14H9N5O2/c15-7-5-12-17-10-3-1-2-4-11(10)19(12)13-9(14(20)21)6-8-16-18-13/h1-4,6,8H,5H2,(H,20,21). The second-order valence-electron chi connectivity index (χ2n) is 4.26. The Kier molecular flexibility index (Phi) is 3.04. The molecule has 102 valence electrons. The summed E-state index contributed by atoms with van der Waals surface area (Å²) >= 11 is 0. The first-order chi connectivity index (χ1) is 10.2. The lowest BCUT2D eigenvalue weighted by Crippen LogP contribution is -2.11. The third-order valence-corrected chi connectivity index (χ3v) is 3.01. The lowest BCUT2D eigenvalue weighted by atomic mass is 10.2. The number of imidazole rings is 1. The summed E-state index contributed by atoms with van der Waals surface area (Å²) in [6.07, 6.45) is 1.36. The lowest BCUT2D eigenvalue weighted by molar-refractivity contribution is 0.0696. The Labute approximate surface area is 119 Å². The number of hydrogen-bond donors (Lipinski definition) is 1. The fourth-order valence-electron chi connectivity index (χ4n) is 2.16. The number of fused-ring (bicyclic) bond motifs is 1. The van der Waals surface area contributed by atoms with Crippen molar-refractivity contribution in [1.82, 2.24) is 19.7 Å². The van der Waals surface area contributed by atoms with E-state index in [1.54, 1.807) is 16.7 Å². The van der Waals surface area contributed by atoms with Crippen LogP contribution in [0.5, 0.6) is 0 Å². The molecule has 7 heteroatoms. The van der Waals surface area contributed by atoms with Crippen LogP contribution in [0.25, 0.3) is 16.9 Å². The summed E-state index contributed by atoms with van der Waals surface area (Å²) in [6, 6.07) is 10.6. The minimum atomic E-state index is -1.11. The highest BCUT2D eigenvalue weighted by Gasteiger charge is 2.19. The van der Waals surface area contributed by atoms with Crippen molar-refractivity contribution in [3.8, 4) is 11.9 Å². The molecule has 0 aliphatic rings. The molecule has 0 bridgehead atoms. The van der Waals surface area contributed by atoms with Gasteiger partial charge in [-0.25, -0.2) is 9.78 Å². The van der Waals surface area contributed by atoms with Crippen LogP contribution in [-0.2, 0) is 6.42 Å². The Bertz CT molecular complexity index is 878. The smallest absolute Gasteiger partial charge is 0.339 e. The minimum Gasteiger partial charge on any atom is -0.478 e. The molecule has 2 heterocycles. The molecule has 1 aromatic carbocycles. The van der Waals surface area contributed by atoms with Gasteiger partial charge in [0.15, 0.2) is 5.82 Å². The molecule has 7 nitrogen and oxygen atoms in total. The normalized spacial score (nSPS) is 10.4. The minimum absolute atomic E-state index is 0.00680. The van der Waals surface area contributed by atoms with Gasteiger partial charge in [-0.3, -0.25) is 4.57 Å². The zero-order chi connectivity index (χ0) is 14.8. The van der Waals surface area contributed by atoms with Gasteiger partial charge in [0, 0.05) is 0 Å². The van der Waals surface area contributed by atoms with Crippen molar-refractivity contribution < 1.29 is 9.90 Å². The van der Waals surface area contributed by atoms with Crippen LogP contribution in [0.3, 0.4) is 0 Å². The number of aromatic carboxylic acids is 1. The number of nitriles is 1. The molecule has 21 heavy (non-hydrogen) atoms. The lowest BCUT2D eigenvalue weighted by Gasteiger charge is -2.08. The molecule has 0 spiro atoms. The van der Waals surface area contributed by atoms with Crippen molar-refractivity contribution in [3.05, 3.63) is 47.9 Å². The zero-order valence-electron chi connectivity index (χ0n) is 10.8. The molecule has 0 saturated carbocycles. The molecule has 2 aromatic heterocycles. The van der Waals surface area contributed by atoms with Crippen molar-refractivity contribution in [1.29, 1.82) is 5.26 Å². The summed E-state index contributed by atoms with van der Waals surface area (Å²) < 4.78 is 1.56. The van der Waals surface area contributed by atoms with Gasteiger partial charge in [-0.1, -0.05) is 12.1 Å². The number of benzene rings is 1. The van der Waals surface area contributed by atoms with E-state index in [4.69, 9.17) is 5.26 Å². The number of para-hydroxylation sites is 2. The van der Waals surface area contributed by atoms with Gasteiger partial charge in [0.05, 0.1) is 29.7 Å². The highest BCUT2D eigenvalue weighted by Crippen LogP contribution is 2.22. The predicted molar refractivity (Wildman–Crippen MR) is 72.9 cm³/mol. The molecule has 0 unspecified atom stereocenters. The second-order valence-corrected chi connectivity index (χ2v) is 4.26. The predicted octanol–water partition coefficient (Wildman–Crippen LogP) is 1.58. The van der Waals surface area contributed by atoms with E-state index in [0.717, 1.165) is 0 Å². The van der Waals surface area contributed by atoms with Gasteiger partial charge in [0.1, 0.15) is 11.4 Å². The van der Waals surface area contributed by atoms with E-state index in [-0.39, 0.29) is 17.8 Å². The molecule has 0 aliphatic heterocycles. The first kappa shape index (κ1) is 12.7. The van der Waals surface area contributed by atoms with E-state index in [9.17, 15) is 9.90 Å². The Morgan fingerprint density at radius 3 is 2.90 bits per heavy atom. The topological polar surface area (TPSA) is 105 Å². The van der Waals surface area contributed by atoms with Crippen molar-refractivity contribution in [2.45, 2.75) is 6.42 Å². The molecular weight excluding hydrogens is 270 g/mol. The van der Waals surface area contributed by atoms with E-state index in [0.29, 0.717) is 16.9 Å². The fraction of sp³-hybridized carbons (Fsp3) is 0.0714. The van der Waals surface area contributed by atoms with Crippen LogP contribution in [0, 0.1) is 11.3 Å². The molecule has 0 radical (unpaired) electrons. The Morgan fingerprint density at radius 1 is 1.33 bits per heavy atom. The zero-order valence-corrected chi connectivity index (χ0v) is 10.8. The number of carboxylic acids is 1. The van der Waals surface area contributed by atoms with Gasteiger partial charge in [-0.05, 0) is 18.2 Å². The number of carboxylic acid groups (broad SMARTS) is 1. The monoisotopic (exact) mass is 279 g/mol. The third kappa shape index (κ3) is 2.08. The quantitative estimate of drug-likeness (QED) is 0.780. The molecule has 0 fully saturated rings. The molecule has 0 aliphatic carbocycles. The van der Waals surface area contributed by atoms with E-state index >= 15 is 0 Å². The molecule has 0 atom stereocenters. The van der Waals surface area contributed by atoms with Crippen LogP contribution in [0.2, 0.25) is 0 Å². The van der Waals surface area contributed by atoms with Crippen LogP contribution in [-0.4, -0.2) is 30.8 Å². The van der Waals surface area contributed by atoms with Gasteiger partial charge in [-0.2, -0.15) is 10.4 Å². The number of carbonyl (C=O) groups is 1. The van der Waals surface area contributed by atoms with E-state index in [1.165, 1.54) is 12.3 Å². The van der Waals surface area contributed by atoms with Crippen molar-refractivity contribution in [2.24, 2.45) is 0 Å². The maximum Gasteiger partial charge on any atom is 0.339 e.